The van der Waals surface area contributed by atoms with Crippen LogP contribution in [0.3, 0.4) is 0 Å². The Morgan fingerprint density at radius 3 is 2.24 bits per heavy atom. The standard InChI is InChI=1S/C34H27ClF7N3O4S/c35-24-2-1-3-25(17-24)50(48,49)31-14-15-44(30(47)27-11-13-29(46)45(27)19-21-6-4-20(18-43)5-7-21)28(31)12-8-22-16-23(9-10-26(22)31)32(36,33(37,38)39)34(40,41)42/h1-7,9-10,16-17,27-28H,8,11-15,19H2/t27-,28?,31?/m1/s1. The quantitative estimate of drug-likeness (QED) is 0.256. The summed E-state index contributed by atoms with van der Waals surface area (Å²) in [4.78, 5) is 29.7. The highest BCUT2D eigenvalue weighted by atomic mass is 35.5. The van der Waals surface area contributed by atoms with E-state index in [4.69, 9.17) is 16.9 Å². The molecule has 16 heteroatoms. The summed E-state index contributed by atoms with van der Waals surface area (Å²) in [5.41, 5.74) is -6.80. The van der Waals surface area contributed by atoms with Crippen LogP contribution in [-0.4, -0.2) is 61.0 Å². The molecule has 3 atom stereocenters. The van der Waals surface area contributed by atoms with Crippen LogP contribution < -0.4 is 0 Å². The number of nitrogens with zero attached hydrogens (tertiary/aromatic N) is 3. The molecule has 0 spiro atoms. The van der Waals surface area contributed by atoms with Crippen LogP contribution >= 0.6 is 11.6 Å². The number of likely N-dealkylation sites (tertiary alicyclic amines) is 2. The number of carbonyl (C=O) groups excluding carboxylic acids is 2. The van der Waals surface area contributed by atoms with Gasteiger partial charge >= 0.3 is 18.0 Å². The molecular weight excluding hydrogens is 715 g/mol. The Hall–Kier alpha value is -4.16. The number of fused-ring (bicyclic) bond motifs is 3. The van der Waals surface area contributed by atoms with Gasteiger partial charge in [0.2, 0.25) is 11.8 Å². The van der Waals surface area contributed by atoms with E-state index in [0.717, 1.165) is 12.1 Å². The summed E-state index contributed by atoms with van der Waals surface area (Å²) < 4.78 is 125. The Kier molecular flexibility index (Phi) is 8.74. The van der Waals surface area contributed by atoms with Crippen molar-refractivity contribution in [3.05, 3.63) is 99.6 Å². The van der Waals surface area contributed by atoms with Crippen molar-refractivity contribution in [2.45, 2.75) is 78.4 Å². The Morgan fingerprint density at radius 1 is 0.940 bits per heavy atom. The van der Waals surface area contributed by atoms with Crippen molar-refractivity contribution in [1.82, 2.24) is 9.80 Å². The topological polar surface area (TPSA) is 98.5 Å². The first-order chi connectivity index (χ1) is 23.4. The number of benzene rings is 3. The summed E-state index contributed by atoms with van der Waals surface area (Å²) >= 11 is 6.13. The highest BCUT2D eigenvalue weighted by molar-refractivity contribution is 7.92. The van der Waals surface area contributed by atoms with E-state index in [-0.39, 0.29) is 72.1 Å². The third kappa shape index (κ3) is 5.42. The lowest BCUT2D eigenvalue weighted by atomic mass is 9.76. The smallest absolute Gasteiger partial charge is 0.336 e. The number of carbonyl (C=O) groups is 2. The van der Waals surface area contributed by atoms with Gasteiger partial charge in [0.15, 0.2) is 9.84 Å². The largest absolute Gasteiger partial charge is 0.435 e. The predicted molar refractivity (Wildman–Crippen MR) is 165 cm³/mol. The van der Waals surface area contributed by atoms with E-state index in [2.05, 4.69) is 0 Å². The van der Waals surface area contributed by atoms with Crippen LogP contribution in [0.15, 0.2) is 71.6 Å². The minimum Gasteiger partial charge on any atom is -0.336 e. The molecule has 1 aliphatic carbocycles. The number of hydrogen-bond acceptors (Lipinski definition) is 5. The van der Waals surface area contributed by atoms with Gasteiger partial charge in [0.25, 0.3) is 0 Å². The summed E-state index contributed by atoms with van der Waals surface area (Å²) in [6.07, 6.45) is -13.4. The number of hydrogen-bond donors (Lipinski definition) is 0. The molecule has 2 amide bonds. The van der Waals surface area contributed by atoms with Crippen LogP contribution in [0, 0.1) is 11.3 Å². The van der Waals surface area contributed by atoms with Crippen LogP contribution in [0.25, 0.3) is 0 Å². The fraction of sp³-hybridized carbons (Fsp3) is 0.382. The number of rotatable bonds is 6. The number of nitriles is 1. The van der Waals surface area contributed by atoms with Gasteiger partial charge in [-0.25, -0.2) is 12.8 Å². The molecule has 3 aromatic rings. The van der Waals surface area contributed by atoms with E-state index in [1.165, 1.54) is 28.0 Å². The van der Waals surface area contributed by atoms with Gasteiger partial charge in [0.05, 0.1) is 22.6 Å². The average Bonchev–Trinajstić information content (AvgIpc) is 3.64. The van der Waals surface area contributed by atoms with Gasteiger partial charge in [-0.1, -0.05) is 48.0 Å². The van der Waals surface area contributed by atoms with Crippen molar-refractivity contribution in [3.63, 3.8) is 0 Å². The first-order valence-electron chi connectivity index (χ1n) is 15.4. The molecule has 2 saturated heterocycles. The van der Waals surface area contributed by atoms with Gasteiger partial charge in [0.1, 0.15) is 10.8 Å². The van der Waals surface area contributed by atoms with Crippen molar-refractivity contribution in [3.8, 4) is 6.07 Å². The molecule has 3 aromatic carbocycles. The lowest BCUT2D eigenvalue weighted by Crippen LogP contribution is -2.55. The Balaban J connectivity index is 1.44. The third-order valence-electron chi connectivity index (χ3n) is 9.98. The van der Waals surface area contributed by atoms with Crippen LogP contribution in [0.5, 0.6) is 0 Å². The molecule has 2 unspecified atom stereocenters. The molecule has 0 aromatic heterocycles. The fourth-order valence-corrected chi connectivity index (χ4v) is 10.3. The third-order valence-corrected chi connectivity index (χ3v) is 12.7. The van der Waals surface area contributed by atoms with Gasteiger partial charge in [-0.05, 0) is 72.7 Å². The number of alkyl halides is 7. The highest BCUT2D eigenvalue weighted by Crippen LogP contribution is 2.57. The summed E-state index contributed by atoms with van der Waals surface area (Å²) in [6, 6.07) is 12.9. The van der Waals surface area contributed by atoms with E-state index in [1.54, 1.807) is 24.3 Å². The summed E-state index contributed by atoms with van der Waals surface area (Å²) in [5.74, 6) is -0.884. The molecule has 3 aliphatic rings. The van der Waals surface area contributed by atoms with Gasteiger partial charge < -0.3 is 9.80 Å². The lowest BCUT2D eigenvalue weighted by Gasteiger charge is -2.43. The van der Waals surface area contributed by atoms with E-state index in [1.807, 2.05) is 6.07 Å². The van der Waals surface area contributed by atoms with E-state index >= 15 is 4.39 Å². The van der Waals surface area contributed by atoms with Crippen LogP contribution in [-0.2, 0) is 42.8 Å². The second-order valence-electron chi connectivity index (χ2n) is 12.6. The number of sulfone groups is 1. The molecule has 7 nitrogen and oxygen atoms in total. The molecule has 6 rings (SSSR count). The van der Waals surface area contributed by atoms with Crippen LogP contribution in [0.2, 0.25) is 5.02 Å². The Labute approximate surface area is 287 Å². The highest BCUT2D eigenvalue weighted by Gasteiger charge is 2.74. The van der Waals surface area contributed by atoms with Crippen LogP contribution in [0.4, 0.5) is 30.7 Å². The number of amides is 2. The molecule has 0 radical (unpaired) electrons. The zero-order valence-corrected chi connectivity index (χ0v) is 27.4. The van der Waals surface area contributed by atoms with Crippen molar-refractivity contribution in [1.29, 1.82) is 5.26 Å². The van der Waals surface area contributed by atoms with Crippen molar-refractivity contribution >= 4 is 33.3 Å². The zero-order valence-electron chi connectivity index (χ0n) is 25.9. The van der Waals surface area contributed by atoms with E-state index < -0.39 is 56.2 Å². The molecule has 264 valence electrons. The monoisotopic (exact) mass is 741 g/mol. The molecule has 0 N–H and O–H groups in total. The predicted octanol–water partition coefficient (Wildman–Crippen LogP) is 6.91. The number of aryl methyl sites for hydroxylation is 1. The van der Waals surface area contributed by atoms with Crippen molar-refractivity contribution in [2.24, 2.45) is 0 Å². The number of halogens is 8. The maximum absolute atomic E-state index is 15.1. The average molecular weight is 742 g/mol. The van der Waals surface area contributed by atoms with Gasteiger partial charge in [-0.2, -0.15) is 31.6 Å². The maximum atomic E-state index is 15.1. The lowest BCUT2D eigenvalue weighted by molar-refractivity contribution is -0.348. The van der Waals surface area contributed by atoms with Gasteiger partial charge in [-0.15, -0.1) is 0 Å². The van der Waals surface area contributed by atoms with Crippen LogP contribution in [0.1, 0.15) is 53.5 Å². The Bertz CT molecular complexity index is 2000. The second-order valence-corrected chi connectivity index (χ2v) is 15.2. The summed E-state index contributed by atoms with van der Waals surface area (Å²) in [6.45, 7) is -0.140. The first-order valence-corrected chi connectivity index (χ1v) is 17.3. The molecule has 2 fully saturated rings. The van der Waals surface area contributed by atoms with E-state index in [9.17, 15) is 44.3 Å². The normalized spacial score (nSPS) is 22.7. The van der Waals surface area contributed by atoms with Crippen molar-refractivity contribution < 1.29 is 48.7 Å². The SMILES string of the molecule is N#Cc1ccc(CN2C(=O)CC[C@@H]2C(=O)N2CCC3(S(=O)(=O)c4cccc(Cl)c4)c4ccc(C(F)(C(F)(F)F)C(F)(F)F)cc4CCC23)cc1. The Morgan fingerprint density at radius 2 is 1.62 bits per heavy atom. The zero-order chi connectivity index (χ0) is 36.4. The van der Waals surface area contributed by atoms with Gasteiger partial charge in [0, 0.05) is 30.1 Å². The summed E-state index contributed by atoms with van der Waals surface area (Å²) in [7, 11) is -4.59. The molecule has 50 heavy (non-hydrogen) atoms. The first kappa shape index (κ1) is 35.7. The summed E-state index contributed by atoms with van der Waals surface area (Å²) in [5, 5.41) is 9.14. The fourth-order valence-electron chi connectivity index (χ4n) is 7.60. The maximum Gasteiger partial charge on any atom is 0.435 e. The minimum atomic E-state index is -6.37. The minimum absolute atomic E-state index is 0.0282. The molecule has 0 saturated carbocycles. The molecule has 2 aliphatic heterocycles. The molecular formula is C34H27ClF7N3O4S. The van der Waals surface area contributed by atoms with E-state index in [0.29, 0.717) is 23.3 Å². The second kappa shape index (κ2) is 12.3. The van der Waals surface area contributed by atoms with Crippen molar-refractivity contribution in [2.75, 3.05) is 6.54 Å². The van der Waals surface area contributed by atoms with Gasteiger partial charge in [-0.3, -0.25) is 9.59 Å². The molecule has 2 heterocycles. The molecule has 0 bridgehead atoms.